The summed E-state index contributed by atoms with van der Waals surface area (Å²) in [6, 6.07) is 15.2. The van der Waals surface area contributed by atoms with Gasteiger partial charge in [-0.15, -0.1) is 11.3 Å². The Hall–Kier alpha value is -3.65. The number of benzene rings is 2. The largest absolute Gasteiger partial charge is 0.289 e. The maximum absolute atomic E-state index is 12.9. The molecule has 1 amide bonds. The van der Waals surface area contributed by atoms with Crippen LogP contribution in [0.25, 0.3) is 21.3 Å². The third-order valence-electron chi connectivity index (χ3n) is 4.23. The summed E-state index contributed by atoms with van der Waals surface area (Å²) < 4.78 is 14.1. The molecule has 0 aliphatic carbocycles. The summed E-state index contributed by atoms with van der Waals surface area (Å²) in [5, 5.41) is 6.22. The molecule has 0 radical (unpaired) electrons. The van der Waals surface area contributed by atoms with Crippen molar-refractivity contribution in [2.45, 2.75) is 6.54 Å². The molecule has 29 heavy (non-hydrogen) atoms. The molecule has 0 bridgehead atoms. The Labute approximate surface area is 169 Å². The quantitative estimate of drug-likeness (QED) is 0.408. The molecule has 1 N–H and O–H groups in total. The van der Waals surface area contributed by atoms with E-state index in [0.717, 1.165) is 11.1 Å². The van der Waals surface area contributed by atoms with Gasteiger partial charge in [0.25, 0.3) is 11.5 Å². The lowest BCUT2D eigenvalue weighted by molar-refractivity contribution is -0.121. The number of hydrazone groups is 1. The lowest BCUT2D eigenvalue weighted by atomic mass is 10.1. The van der Waals surface area contributed by atoms with Crippen LogP contribution in [0.1, 0.15) is 5.56 Å². The minimum atomic E-state index is -0.469. The van der Waals surface area contributed by atoms with Crippen LogP contribution in [0.5, 0.6) is 0 Å². The third kappa shape index (κ3) is 4.12. The van der Waals surface area contributed by atoms with Crippen LogP contribution in [-0.2, 0) is 11.3 Å². The minimum absolute atomic E-state index is 0.216. The predicted octanol–water partition coefficient (Wildman–Crippen LogP) is 3.41. The normalized spacial score (nSPS) is 11.2. The first kappa shape index (κ1) is 18.7. The molecule has 0 aliphatic heterocycles. The number of carbonyl (C=O) groups is 1. The van der Waals surface area contributed by atoms with Gasteiger partial charge in [0.2, 0.25) is 0 Å². The lowest BCUT2D eigenvalue weighted by Gasteiger charge is -2.05. The van der Waals surface area contributed by atoms with Crippen molar-refractivity contribution in [2.75, 3.05) is 0 Å². The summed E-state index contributed by atoms with van der Waals surface area (Å²) in [5.41, 5.74) is 4.43. The molecule has 0 unspecified atom stereocenters. The first-order chi connectivity index (χ1) is 14.1. The van der Waals surface area contributed by atoms with Crippen LogP contribution in [-0.4, -0.2) is 21.7 Å². The van der Waals surface area contributed by atoms with E-state index in [9.17, 15) is 14.0 Å². The summed E-state index contributed by atoms with van der Waals surface area (Å²) in [6.45, 7) is -0.216. The topological polar surface area (TPSA) is 76.3 Å². The predicted molar refractivity (Wildman–Crippen MR) is 111 cm³/mol. The van der Waals surface area contributed by atoms with E-state index < -0.39 is 5.91 Å². The molecule has 144 valence electrons. The highest BCUT2D eigenvalue weighted by Gasteiger charge is 2.14. The first-order valence-electron chi connectivity index (χ1n) is 8.71. The van der Waals surface area contributed by atoms with Gasteiger partial charge in [-0.3, -0.25) is 14.2 Å². The average molecular weight is 406 g/mol. The highest BCUT2D eigenvalue weighted by atomic mass is 32.1. The van der Waals surface area contributed by atoms with Gasteiger partial charge in [-0.2, -0.15) is 5.10 Å². The summed E-state index contributed by atoms with van der Waals surface area (Å²) in [7, 11) is 0. The Morgan fingerprint density at radius 3 is 2.69 bits per heavy atom. The molecule has 8 heteroatoms. The molecule has 0 saturated heterocycles. The number of nitrogens with one attached hydrogen (secondary N) is 1. The van der Waals surface area contributed by atoms with Crippen molar-refractivity contribution in [1.82, 2.24) is 15.0 Å². The summed E-state index contributed by atoms with van der Waals surface area (Å²) >= 11 is 1.39. The highest BCUT2D eigenvalue weighted by molar-refractivity contribution is 7.17. The van der Waals surface area contributed by atoms with Gasteiger partial charge >= 0.3 is 0 Å². The van der Waals surface area contributed by atoms with Crippen LogP contribution in [0, 0.1) is 5.82 Å². The van der Waals surface area contributed by atoms with E-state index in [-0.39, 0.29) is 17.9 Å². The summed E-state index contributed by atoms with van der Waals surface area (Å²) in [6.07, 6.45) is 2.76. The summed E-state index contributed by atoms with van der Waals surface area (Å²) in [5.74, 6) is -0.820. The van der Waals surface area contributed by atoms with Crippen molar-refractivity contribution >= 4 is 33.7 Å². The zero-order valence-electron chi connectivity index (χ0n) is 15.1. The van der Waals surface area contributed by atoms with E-state index in [1.54, 1.807) is 0 Å². The van der Waals surface area contributed by atoms with Gasteiger partial charge in [-0.1, -0.05) is 42.5 Å². The molecule has 0 saturated carbocycles. The van der Waals surface area contributed by atoms with Crippen molar-refractivity contribution in [3.8, 4) is 11.1 Å². The van der Waals surface area contributed by atoms with Gasteiger partial charge in [0.05, 0.1) is 17.9 Å². The number of rotatable bonds is 5. The van der Waals surface area contributed by atoms with Gasteiger partial charge in [0, 0.05) is 10.9 Å². The Morgan fingerprint density at radius 1 is 1.17 bits per heavy atom. The number of aromatic nitrogens is 2. The van der Waals surface area contributed by atoms with Crippen LogP contribution >= 0.6 is 11.3 Å². The number of carbonyl (C=O) groups excluding carboxylic acids is 1. The van der Waals surface area contributed by atoms with Crippen LogP contribution in [0.15, 0.2) is 76.2 Å². The lowest BCUT2D eigenvalue weighted by Crippen LogP contribution is -2.30. The number of hydrogen-bond donors (Lipinski definition) is 1. The van der Waals surface area contributed by atoms with Crippen molar-refractivity contribution in [3.05, 3.63) is 88.0 Å². The maximum atomic E-state index is 12.9. The van der Waals surface area contributed by atoms with Gasteiger partial charge < -0.3 is 0 Å². The zero-order valence-corrected chi connectivity index (χ0v) is 15.9. The van der Waals surface area contributed by atoms with Gasteiger partial charge in [0.1, 0.15) is 17.2 Å². The summed E-state index contributed by atoms with van der Waals surface area (Å²) in [4.78, 5) is 30.0. The van der Waals surface area contributed by atoms with E-state index in [1.165, 1.54) is 52.7 Å². The van der Waals surface area contributed by atoms with Crippen LogP contribution in [0.2, 0.25) is 0 Å². The number of halogens is 1. The molecule has 4 rings (SSSR count). The molecule has 2 heterocycles. The minimum Gasteiger partial charge on any atom is -0.289 e. The van der Waals surface area contributed by atoms with E-state index in [2.05, 4.69) is 15.5 Å². The van der Waals surface area contributed by atoms with Gasteiger partial charge in [-0.05, 0) is 23.3 Å². The van der Waals surface area contributed by atoms with E-state index in [4.69, 9.17) is 0 Å². The second kappa shape index (κ2) is 8.15. The van der Waals surface area contributed by atoms with E-state index in [1.807, 2.05) is 35.7 Å². The molecule has 2 aromatic carbocycles. The van der Waals surface area contributed by atoms with E-state index >= 15 is 0 Å². The molecule has 4 aromatic rings. The fourth-order valence-corrected chi connectivity index (χ4v) is 3.73. The van der Waals surface area contributed by atoms with Crippen molar-refractivity contribution in [3.63, 3.8) is 0 Å². The van der Waals surface area contributed by atoms with Gasteiger partial charge in [-0.25, -0.2) is 14.8 Å². The number of thiophene rings is 1. The van der Waals surface area contributed by atoms with Crippen LogP contribution in [0.3, 0.4) is 0 Å². The van der Waals surface area contributed by atoms with Crippen LogP contribution in [0.4, 0.5) is 4.39 Å². The SMILES string of the molecule is O=C(Cn1cnc2scc(-c3ccccc3)c2c1=O)N/N=C\c1ccc(F)cc1. The van der Waals surface area contributed by atoms with E-state index in [0.29, 0.717) is 15.8 Å². The fourth-order valence-electron chi connectivity index (χ4n) is 2.83. The molecule has 6 nitrogen and oxygen atoms in total. The van der Waals surface area contributed by atoms with Crippen molar-refractivity contribution < 1.29 is 9.18 Å². The fraction of sp³-hybridized carbons (Fsp3) is 0.0476. The molecule has 0 spiro atoms. The molecule has 0 atom stereocenters. The zero-order chi connectivity index (χ0) is 20.2. The second-order valence-corrected chi connectivity index (χ2v) is 7.08. The Morgan fingerprint density at radius 2 is 1.93 bits per heavy atom. The Kier molecular flexibility index (Phi) is 5.26. The second-order valence-electron chi connectivity index (χ2n) is 6.22. The molecule has 2 aromatic heterocycles. The average Bonchev–Trinajstić information content (AvgIpc) is 3.17. The molecule has 0 fully saturated rings. The van der Waals surface area contributed by atoms with Crippen molar-refractivity contribution in [2.24, 2.45) is 5.10 Å². The smallest absolute Gasteiger partial charge is 0.263 e. The third-order valence-corrected chi connectivity index (χ3v) is 5.12. The number of amides is 1. The molecular weight excluding hydrogens is 391 g/mol. The highest BCUT2D eigenvalue weighted by Crippen LogP contribution is 2.30. The Balaban J connectivity index is 1.53. The standard InChI is InChI=1S/C21H15FN4O2S/c22-16-8-6-14(7-9-16)10-24-25-18(27)11-26-13-23-20-19(21(26)28)17(12-29-20)15-4-2-1-3-5-15/h1-10,12-13H,11H2,(H,25,27)/b24-10-. The molecular formula is C21H15FN4O2S. The number of nitrogens with zero attached hydrogens (tertiary/aromatic N) is 3. The van der Waals surface area contributed by atoms with Crippen molar-refractivity contribution in [1.29, 1.82) is 0 Å². The van der Waals surface area contributed by atoms with Crippen LogP contribution < -0.4 is 11.0 Å². The molecule has 0 aliphatic rings. The maximum Gasteiger partial charge on any atom is 0.263 e. The van der Waals surface area contributed by atoms with Gasteiger partial charge in [0.15, 0.2) is 0 Å². The Bertz CT molecular complexity index is 1250. The number of fused-ring (bicyclic) bond motifs is 1. The monoisotopic (exact) mass is 406 g/mol. The number of hydrogen-bond acceptors (Lipinski definition) is 5. The first-order valence-corrected chi connectivity index (χ1v) is 9.59.